The van der Waals surface area contributed by atoms with E-state index < -0.39 is 28.5 Å². The number of rotatable bonds is 10. The largest absolute Gasteiger partial charge is 0.497 e. The molecular formula is C27H36ClN3O5S. The van der Waals surface area contributed by atoms with Crippen LogP contribution in [0.1, 0.15) is 50.2 Å². The standard InChI is InChI=1S/C27H36ClN3O5S/c1-19-15-22(28)13-14-25(19)31(37(4,34)35)18-26(32)30(17-21-9-8-12-24(16-21)36-3)20(2)27(33)29-23-10-6-5-7-11-23/h8-9,12-16,20,23H,5-7,10-11,17-18H2,1-4H3,(H,29,33)/t20-/m0/s1. The first-order chi connectivity index (χ1) is 17.5. The molecule has 1 N–H and O–H groups in total. The number of halogens is 1. The zero-order valence-corrected chi connectivity index (χ0v) is 23.4. The average molecular weight is 550 g/mol. The molecule has 10 heteroatoms. The maximum Gasteiger partial charge on any atom is 0.244 e. The zero-order valence-electron chi connectivity index (χ0n) is 21.9. The smallest absolute Gasteiger partial charge is 0.244 e. The molecule has 1 aliphatic carbocycles. The first-order valence-corrected chi connectivity index (χ1v) is 14.7. The molecule has 1 saturated carbocycles. The second kappa shape index (κ2) is 12.6. The fourth-order valence-corrected chi connectivity index (χ4v) is 5.75. The number of ether oxygens (including phenoxy) is 1. The van der Waals surface area contributed by atoms with Gasteiger partial charge in [0, 0.05) is 17.6 Å². The molecule has 2 aromatic carbocycles. The lowest BCUT2D eigenvalue weighted by Crippen LogP contribution is -2.53. The molecule has 37 heavy (non-hydrogen) atoms. The minimum Gasteiger partial charge on any atom is -0.497 e. The van der Waals surface area contributed by atoms with Crippen LogP contribution in [-0.4, -0.2) is 57.1 Å². The number of hydrogen-bond donors (Lipinski definition) is 1. The number of nitrogens with one attached hydrogen (secondary N) is 1. The van der Waals surface area contributed by atoms with Gasteiger partial charge in [-0.3, -0.25) is 13.9 Å². The summed E-state index contributed by atoms with van der Waals surface area (Å²) in [6, 6.07) is 11.3. The Labute approximate surface area is 225 Å². The summed E-state index contributed by atoms with van der Waals surface area (Å²) in [5.41, 5.74) is 1.74. The van der Waals surface area contributed by atoms with E-state index in [9.17, 15) is 18.0 Å². The van der Waals surface area contributed by atoms with Crippen LogP contribution >= 0.6 is 11.6 Å². The van der Waals surface area contributed by atoms with E-state index in [1.54, 1.807) is 51.3 Å². The van der Waals surface area contributed by atoms with Gasteiger partial charge in [0.2, 0.25) is 21.8 Å². The molecule has 0 spiro atoms. The SMILES string of the molecule is COc1cccc(CN(C(=O)CN(c2ccc(Cl)cc2C)S(C)(=O)=O)[C@@H](C)C(=O)NC2CCCCC2)c1. The molecule has 8 nitrogen and oxygen atoms in total. The van der Waals surface area contributed by atoms with Crippen molar-refractivity contribution in [2.24, 2.45) is 0 Å². The Hall–Kier alpha value is -2.78. The van der Waals surface area contributed by atoms with Crippen molar-refractivity contribution in [3.63, 3.8) is 0 Å². The number of methoxy groups -OCH3 is 1. The van der Waals surface area contributed by atoms with Gasteiger partial charge in [0.15, 0.2) is 0 Å². The first-order valence-electron chi connectivity index (χ1n) is 12.5. The third-order valence-corrected chi connectivity index (χ3v) is 8.07. The molecule has 2 amide bonds. The molecule has 3 rings (SSSR count). The Kier molecular flexibility index (Phi) is 9.84. The van der Waals surface area contributed by atoms with E-state index in [0.717, 1.165) is 48.2 Å². The van der Waals surface area contributed by atoms with Crippen molar-refractivity contribution in [2.45, 2.75) is 64.6 Å². The number of carbonyl (C=O) groups is 2. The number of benzene rings is 2. The van der Waals surface area contributed by atoms with Gasteiger partial charge >= 0.3 is 0 Å². The number of carbonyl (C=O) groups excluding carboxylic acids is 2. The van der Waals surface area contributed by atoms with Crippen molar-refractivity contribution in [1.82, 2.24) is 10.2 Å². The third-order valence-electron chi connectivity index (χ3n) is 6.71. The van der Waals surface area contributed by atoms with E-state index in [2.05, 4.69) is 5.32 Å². The van der Waals surface area contributed by atoms with Gasteiger partial charge in [-0.15, -0.1) is 0 Å². The first kappa shape index (κ1) is 28.8. The maximum absolute atomic E-state index is 13.7. The Bertz CT molecular complexity index is 1210. The lowest BCUT2D eigenvalue weighted by atomic mass is 9.95. The van der Waals surface area contributed by atoms with E-state index >= 15 is 0 Å². The lowest BCUT2D eigenvalue weighted by Gasteiger charge is -2.33. The summed E-state index contributed by atoms with van der Waals surface area (Å²) in [6.45, 7) is 3.07. The van der Waals surface area contributed by atoms with E-state index in [0.29, 0.717) is 22.0 Å². The Morgan fingerprint density at radius 1 is 1.14 bits per heavy atom. The fraction of sp³-hybridized carbons (Fsp3) is 0.481. The van der Waals surface area contributed by atoms with E-state index in [1.165, 1.54) is 4.90 Å². The molecule has 1 fully saturated rings. The van der Waals surface area contributed by atoms with Crippen molar-refractivity contribution >= 4 is 39.1 Å². The number of amides is 2. The quantitative estimate of drug-likeness (QED) is 0.477. The van der Waals surface area contributed by atoms with Gasteiger partial charge in [0.25, 0.3) is 0 Å². The molecule has 0 unspecified atom stereocenters. The van der Waals surface area contributed by atoms with E-state index in [4.69, 9.17) is 16.3 Å². The average Bonchev–Trinajstić information content (AvgIpc) is 2.86. The molecule has 202 valence electrons. The summed E-state index contributed by atoms with van der Waals surface area (Å²) in [6.07, 6.45) is 6.18. The minimum atomic E-state index is -3.81. The van der Waals surface area contributed by atoms with Crippen LogP contribution in [0.5, 0.6) is 5.75 Å². The van der Waals surface area contributed by atoms with Gasteiger partial charge in [-0.2, -0.15) is 0 Å². The minimum absolute atomic E-state index is 0.0849. The Morgan fingerprint density at radius 2 is 1.84 bits per heavy atom. The molecule has 2 aromatic rings. The summed E-state index contributed by atoms with van der Waals surface area (Å²) in [5.74, 6) is -0.121. The molecule has 0 heterocycles. The topological polar surface area (TPSA) is 96.0 Å². The van der Waals surface area contributed by atoms with Gasteiger partial charge in [-0.25, -0.2) is 8.42 Å². The van der Waals surface area contributed by atoms with Crippen LogP contribution in [0.4, 0.5) is 5.69 Å². The number of hydrogen-bond acceptors (Lipinski definition) is 5. The Balaban J connectivity index is 1.90. The predicted octanol–water partition coefficient (Wildman–Crippen LogP) is 4.29. The molecule has 0 aromatic heterocycles. The van der Waals surface area contributed by atoms with Gasteiger partial charge in [0.05, 0.1) is 19.1 Å². The highest BCUT2D eigenvalue weighted by Crippen LogP contribution is 2.26. The second-order valence-corrected chi connectivity index (χ2v) is 11.9. The molecule has 0 radical (unpaired) electrons. The second-order valence-electron chi connectivity index (χ2n) is 9.59. The number of anilines is 1. The van der Waals surface area contributed by atoms with Crippen LogP contribution in [0, 0.1) is 6.92 Å². The molecule has 0 saturated heterocycles. The van der Waals surface area contributed by atoms with Crippen molar-refractivity contribution in [3.05, 3.63) is 58.6 Å². The highest BCUT2D eigenvalue weighted by atomic mass is 35.5. The van der Waals surface area contributed by atoms with Gasteiger partial charge in [-0.05, 0) is 68.1 Å². The highest BCUT2D eigenvalue weighted by Gasteiger charge is 2.31. The number of aryl methyl sites for hydroxylation is 1. The van der Waals surface area contributed by atoms with Crippen molar-refractivity contribution in [3.8, 4) is 5.75 Å². The van der Waals surface area contributed by atoms with Gasteiger partial charge in [0.1, 0.15) is 18.3 Å². The normalized spacial score (nSPS) is 15.1. The summed E-state index contributed by atoms with van der Waals surface area (Å²) < 4.78 is 31.9. The Morgan fingerprint density at radius 3 is 2.46 bits per heavy atom. The zero-order chi connectivity index (χ0) is 27.2. The third kappa shape index (κ3) is 7.85. The summed E-state index contributed by atoms with van der Waals surface area (Å²) in [7, 11) is -2.26. The fourth-order valence-electron chi connectivity index (χ4n) is 4.61. The highest BCUT2D eigenvalue weighted by molar-refractivity contribution is 7.92. The van der Waals surface area contributed by atoms with Crippen molar-refractivity contribution < 1.29 is 22.7 Å². The predicted molar refractivity (Wildman–Crippen MR) is 146 cm³/mol. The van der Waals surface area contributed by atoms with Crippen LogP contribution in [0.2, 0.25) is 5.02 Å². The van der Waals surface area contributed by atoms with E-state index in [-0.39, 0.29) is 18.5 Å². The molecule has 0 aliphatic heterocycles. The molecule has 1 atom stereocenters. The monoisotopic (exact) mass is 549 g/mol. The van der Waals surface area contributed by atoms with Crippen LogP contribution in [-0.2, 0) is 26.2 Å². The molecule has 1 aliphatic rings. The number of nitrogens with zero attached hydrogens (tertiary/aromatic N) is 2. The van der Waals surface area contributed by atoms with E-state index in [1.807, 2.05) is 12.1 Å². The molecular weight excluding hydrogens is 514 g/mol. The summed E-state index contributed by atoms with van der Waals surface area (Å²) in [5, 5.41) is 3.56. The lowest BCUT2D eigenvalue weighted by molar-refractivity contribution is -0.139. The van der Waals surface area contributed by atoms with Gasteiger partial charge in [-0.1, -0.05) is 43.0 Å². The van der Waals surface area contributed by atoms with Crippen LogP contribution in [0.15, 0.2) is 42.5 Å². The van der Waals surface area contributed by atoms with Crippen LogP contribution in [0.25, 0.3) is 0 Å². The van der Waals surface area contributed by atoms with Crippen molar-refractivity contribution in [1.29, 1.82) is 0 Å². The van der Waals surface area contributed by atoms with Crippen LogP contribution < -0.4 is 14.4 Å². The maximum atomic E-state index is 13.7. The summed E-state index contributed by atoms with van der Waals surface area (Å²) in [4.78, 5) is 28.4. The van der Waals surface area contributed by atoms with Gasteiger partial charge < -0.3 is 15.0 Å². The van der Waals surface area contributed by atoms with Crippen LogP contribution in [0.3, 0.4) is 0 Å². The number of sulfonamides is 1. The summed E-state index contributed by atoms with van der Waals surface area (Å²) >= 11 is 6.07. The molecule has 0 bridgehead atoms. The van der Waals surface area contributed by atoms with Crippen molar-refractivity contribution in [2.75, 3.05) is 24.2 Å².